The minimum absolute atomic E-state index is 0.00393. The van der Waals surface area contributed by atoms with Crippen LogP contribution in [0.1, 0.15) is 22.5 Å². The maximum atomic E-state index is 12.6. The van der Waals surface area contributed by atoms with Gasteiger partial charge in [0, 0.05) is 18.7 Å². The van der Waals surface area contributed by atoms with Gasteiger partial charge in [0.05, 0.1) is 12.0 Å². The summed E-state index contributed by atoms with van der Waals surface area (Å²) in [5.41, 5.74) is 0. The lowest BCUT2D eigenvalue weighted by atomic mass is 9.84. The maximum Gasteiger partial charge on any atom is 0.261 e. The Morgan fingerprint density at radius 2 is 2.00 bits per heavy atom. The molecule has 1 aromatic heterocycles. The molecule has 2 aromatic rings. The number of thiophene rings is 1. The van der Waals surface area contributed by atoms with E-state index in [-0.39, 0.29) is 11.9 Å². The zero-order valence-electron chi connectivity index (χ0n) is 14.2. The van der Waals surface area contributed by atoms with E-state index in [0.29, 0.717) is 21.6 Å². The van der Waals surface area contributed by atoms with Crippen molar-refractivity contribution in [2.24, 2.45) is 5.92 Å². The molecule has 1 unspecified atom stereocenters. The number of amides is 1. The van der Waals surface area contributed by atoms with Crippen molar-refractivity contribution < 1.29 is 14.3 Å². The highest BCUT2D eigenvalue weighted by Crippen LogP contribution is 2.32. The molecule has 4 heterocycles. The normalized spacial score (nSPS) is 24.8. The van der Waals surface area contributed by atoms with Gasteiger partial charge in [-0.25, -0.2) is 0 Å². The average molecular weight is 358 g/mol. The minimum Gasteiger partial charge on any atom is -0.497 e. The number of piperidine rings is 3. The first-order valence-corrected chi connectivity index (χ1v) is 9.48. The van der Waals surface area contributed by atoms with Crippen molar-refractivity contribution >= 4 is 17.2 Å². The molecule has 0 aliphatic carbocycles. The van der Waals surface area contributed by atoms with Gasteiger partial charge in [0.25, 0.3) is 5.91 Å². The van der Waals surface area contributed by atoms with Gasteiger partial charge in [0.15, 0.2) is 5.06 Å². The number of methoxy groups -OCH3 is 1. The zero-order valence-corrected chi connectivity index (χ0v) is 15.1. The van der Waals surface area contributed by atoms with Gasteiger partial charge in [-0.15, -0.1) is 0 Å². The van der Waals surface area contributed by atoms with Gasteiger partial charge in [0.1, 0.15) is 11.5 Å². The molecule has 6 heteroatoms. The van der Waals surface area contributed by atoms with Gasteiger partial charge < -0.3 is 19.7 Å². The predicted molar refractivity (Wildman–Crippen MR) is 97.8 cm³/mol. The second-order valence-corrected chi connectivity index (χ2v) is 7.66. The third-order valence-electron chi connectivity index (χ3n) is 5.04. The number of carbonyl (C=O) groups is 1. The molecule has 3 aliphatic heterocycles. The summed E-state index contributed by atoms with van der Waals surface area (Å²) in [6.45, 7) is 3.33. The highest BCUT2D eigenvalue weighted by Gasteiger charge is 2.35. The zero-order chi connectivity index (χ0) is 17.2. The van der Waals surface area contributed by atoms with Crippen LogP contribution < -0.4 is 14.8 Å². The molecule has 1 amide bonds. The minimum atomic E-state index is 0.00393. The summed E-state index contributed by atoms with van der Waals surface area (Å²) in [6.07, 6.45) is 2.39. The van der Waals surface area contributed by atoms with Crippen molar-refractivity contribution in [2.75, 3.05) is 26.7 Å². The molecule has 0 saturated carbocycles. The molecular formula is C19H22N2O3S. The van der Waals surface area contributed by atoms with E-state index in [2.05, 4.69) is 10.2 Å². The average Bonchev–Trinajstić information content (AvgIpc) is 3.11. The first-order valence-electron chi connectivity index (χ1n) is 8.66. The van der Waals surface area contributed by atoms with E-state index >= 15 is 0 Å². The van der Waals surface area contributed by atoms with Crippen LogP contribution in [0.2, 0.25) is 0 Å². The quantitative estimate of drug-likeness (QED) is 0.890. The van der Waals surface area contributed by atoms with Gasteiger partial charge in [-0.3, -0.25) is 4.79 Å². The molecule has 5 rings (SSSR count). The van der Waals surface area contributed by atoms with Crippen LogP contribution in [0, 0.1) is 5.92 Å². The summed E-state index contributed by atoms with van der Waals surface area (Å²) in [4.78, 5) is 15.7. The molecule has 0 spiro atoms. The maximum absolute atomic E-state index is 12.6. The van der Waals surface area contributed by atoms with Gasteiger partial charge in [-0.1, -0.05) is 17.4 Å². The number of fused-ring (bicyclic) bond motifs is 3. The second-order valence-electron chi connectivity index (χ2n) is 6.62. The van der Waals surface area contributed by atoms with E-state index in [4.69, 9.17) is 9.47 Å². The van der Waals surface area contributed by atoms with Crippen LogP contribution in [-0.2, 0) is 0 Å². The Morgan fingerprint density at radius 3 is 2.72 bits per heavy atom. The summed E-state index contributed by atoms with van der Waals surface area (Å²) in [7, 11) is 1.63. The molecule has 3 aliphatic rings. The molecule has 3 fully saturated rings. The van der Waals surface area contributed by atoms with Crippen LogP contribution in [0.25, 0.3) is 0 Å². The van der Waals surface area contributed by atoms with Gasteiger partial charge in [-0.2, -0.15) is 0 Å². The largest absolute Gasteiger partial charge is 0.497 e. The van der Waals surface area contributed by atoms with E-state index in [0.717, 1.165) is 12.3 Å². The monoisotopic (exact) mass is 358 g/mol. The third kappa shape index (κ3) is 3.65. The fourth-order valence-corrected chi connectivity index (χ4v) is 4.42. The smallest absolute Gasteiger partial charge is 0.261 e. The Kier molecular flexibility index (Phi) is 4.63. The van der Waals surface area contributed by atoms with Crippen molar-refractivity contribution in [1.29, 1.82) is 0 Å². The first-order chi connectivity index (χ1) is 12.2. The van der Waals surface area contributed by atoms with Crippen LogP contribution in [-0.4, -0.2) is 43.6 Å². The Morgan fingerprint density at radius 1 is 1.20 bits per heavy atom. The van der Waals surface area contributed by atoms with Crippen LogP contribution >= 0.6 is 11.3 Å². The molecule has 5 nitrogen and oxygen atoms in total. The van der Waals surface area contributed by atoms with Crippen molar-refractivity contribution in [3.8, 4) is 16.6 Å². The Hall–Kier alpha value is -2.05. The van der Waals surface area contributed by atoms with Crippen LogP contribution in [0.4, 0.5) is 0 Å². The number of nitrogens with zero attached hydrogens (tertiary/aromatic N) is 1. The van der Waals surface area contributed by atoms with Gasteiger partial charge in [-0.05, 0) is 56.1 Å². The highest BCUT2D eigenvalue weighted by molar-refractivity contribution is 7.15. The van der Waals surface area contributed by atoms with Crippen LogP contribution in [0.15, 0.2) is 36.4 Å². The van der Waals surface area contributed by atoms with Crippen molar-refractivity contribution in [2.45, 2.75) is 18.9 Å². The Labute approximate surface area is 151 Å². The third-order valence-corrected chi connectivity index (χ3v) is 6.00. The lowest BCUT2D eigenvalue weighted by Crippen LogP contribution is -2.57. The molecule has 132 valence electrons. The Balaban J connectivity index is 1.39. The van der Waals surface area contributed by atoms with Crippen molar-refractivity contribution in [3.05, 3.63) is 41.3 Å². The van der Waals surface area contributed by atoms with Crippen molar-refractivity contribution in [1.82, 2.24) is 10.2 Å². The molecule has 1 aromatic carbocycles. The number of nitrogens with one attached hydrogen (secondary N) is 1. The van der Waals surface area contributed by atoms with E-state index in [9.17, 15) is 4.79 Å². The number of carbonyl (C=O) groups excluding carboxylic acids is 1. The number of hydrogen-bond acceptors (Lipinski definition) is 5. The highest BCUT2D eigenvalue weighted by atomic mass is 32.1. The summed E-state index contributed by atoms with van der Waals surface area (Å²) in [5.74, 6) is 2.07. The number of benzene rings is 1. The second kappa shape index (κ2) is 7.06. The lowest BCUT2D eigenvalue weighted by molar-refractivity contribution is 0.0622. The fraction of sp³-hybridized carbons (Fsp3) is 0.421. The topological polar surface area (TPSA) is 50.8 Å². The molecule has 2 bridgehead atoms. The van der Waals surface area contributed by atoms with Crippen molar-refractivity contribution in [3.63, 3.8) is 0 Å². The SMILES string of the molecule is COc1cccc(Oc2ccc(C(=O)NC3CN4CCC3CC4)s2)c1. The molecular weight excluding hydrogens is 336 g/mol. The van der Waals surface area contributed by atoms with Gasteiger partial charge >= 0.3 is 0 Å². The standard InChI is InChI=1S/C19H22N2O3S/c1-23-14-3-2-4-15(11-14)24-18-6-5-17(25-18)19(22)20-16-12-21-9-7-13(16)8-10-21/h2-6,11,13,16H,7-10,12H2,1H3,(H,20,22). The van der Waals surface area contributed by atoms with Gasteiger partial charge in [0.2, 0.25) is 0 Å². The fourth-order valence-electron chi connectivity index (χ4n) is 3.65. The van der Waals surface area contributed by atoms with E-state index in [1.807, 2.05) is 36.4 Å². The first kappa shape index (κ1) is 16.4. The summed E-state index contributed by atoms with van der Waals surface area (Å²) < 4.78 is 11.0. The lowest BCUT2D eigenvalue weighted by Gasteiger charge is -2.44. The number of rotatable bonds is 5. The molecule has 1 N–H and O–H groups in total. The molecule has 1 atom stereocenters. The van der Waals surface area contributed by atoms with E-state index in [1.165, 1.54) is 37.3 Å². The Bertz CT molecular complexity index is 753. The molecule has 3 saturated heterocycles. The number of ether oxygens (including phenoxy) is 2. The van der Waals surface area contributed by atoms with Crippen LogP contribution in [0.5, 0.6) is 16.6 Å². The van der Waals surface area contributed by atoms with Crippen LogP contribution in [0.3, 0.4) is 0 Å². The summed E-state index contributed by atoms with van der Waals surface area (Å²) in [5, 5.41) is 3.92. The van der Waals surface area contributed by atoms with E-state index in [1.54, 1.807) is 7.11 Å². The summed E-state index contributed by atoms with van der Waals surface area (Å²) >= 11 is 1.37. The number of hydrogen-bond donors (Lipinski definition) is 1. The predicted octanol–water partition coefficient (Wildman–Crippen LogP) is 3.37. The van der Waals surface area contributed by atoms with E-state index < -0.39 is 0 Å². The molecule has 25 heavy (non-hydrogen) atoms. The molecule has 0 radical (unpaired) electrons. The summed E-state index contributed by atoms with van der Waals surface area (Å²) in [6, 6.07) is 11.4.